The minimum atomic E-state index is -1.05. The Morgan fingerprint density at radius 2 is 2.05 bits per heavy atom. The second kappa shape index (κ2) is 5.75. The second-order valence-electron chi connectivity index (χ2n) is 4.09. The van der Waals surface area contributed by atoms with Gasteiger partial charge in [-0.3, -0.25) is 4.98 Å². The van der Waals surface area contributed by atoms with Gasteiger partial charge in [-0.2, -0.15) is 0 Å². The monoisotopic (exact) mass is 265 g/mol. The zero-order valence-corrected chi connectivity index (χ0v) is 10.3. The third-order valence-corrected chi connectivity index (χ3v) is 2.81. The van der Waals surface area contributed by atoms with Gasteiger partial charge in [0.15, 0.2) is 11.6 Å². The fourth-order valence-electron chi connectivity index (χ4n) is 1.83. The summed E-state index contributed by atoms with van der Waals surface area (Å²) in [7, 11) is 1.37. The SMILES string of the molecule is COc1ccc(CC(O)c2ccncc2F)cc1F. The van der Waals surface area contributed by atoms with E-state index in [4.69, 9.17) is 4.74 Å². The molecule has 0 aliphatic heterocycles. The van der Waals surface area contributed by atoms with E-state index in [2.05, 4.69) is 4.98 Å². The number of hydrogen-bond acceptors (Lipinski definition) is 3. The summed E-state index contributed by atoms with van der Waals surface area (Å²) in [6.07, 6.45) is 1.50. The van der Waals surface area contributed by atoms with Gasteiger partial charge < -0.3 is 9.84 Å². The maximum atomic E-state index is 13.5. The van der Waals surface area contributed by atoms with Crippen molar-refractivity contribution in [3.8, 4) is 5.75 Å². The van der Waals surface area contributed by atoms with Crippen LogP contribution >= 0.6 is 0 Å². The van der Waals surface area contributed by atoms with Crippen LogP contribution in [-0.4, -0.2) is 17.2 Å². The van der Waals surface area contributed by atoms with Crippen LogP contribution in [0.2, 0.25) is 0 Å². The highest BCUT2D eigenvalue weighted by atomic mass is 19.1. The van der Waals surface area contributed by atoms with Gasteiger partial charge in [0.2, 0.25) is 0 Å². The molecule has 0 saturated carbocycles. The second-order valence-corrected chi connectivity index (χ2v) is 4.09. The fourth-order valence-corrected chi connectivity index (χ4v) is 1.83. The number of rotatable bonds is 4. The van der Waals surface area contributed by atoms with Crippen LogP contribution in [0.1, 0.15) is 17.2 Å². The highest BCUT2D eigenvalue weighted by Crippen LogP contribution is 2.23. The molecule has 19 heavy (non-hydrogen) atoms. The Morgan fingerprint density at radius 3 is 2.68 bits per heavy atom. The van der Waals surface area contributed by atoms with Gasteiger partial charge in [0.1, 0.15) is 5.82 Å². The molecule has 0 radical (unpaired) electrons. The van der Waals surface area contributed by atoms with E-state index >= 15 is 0 Å². The quantitative estimate of drug-likeness (QED) is 0.924. The Kier molecular flexibility index (Phi) is 4.06. The molecule has 1 N–H and O–H groups in total. The van der Waals surface area contributed by atoms with Crippen molar-refractivity contribution in [2.24, 2.45) is 0 Å². The van der Waals surface area contributed by atoms with Crippen molar-refractivity contribution in [2.45, 2.75) is 12.5 Å². The van der Waals surface area contributed by atoms with Crippen LogP contribution < -0.4 is 4.74 Å². The van der Waals surface area contributed by atoms with Crippen LogP contribution in [0, 0.1) is 11.6 Å². The van der Waals surface area contributed by atoms with E-state index in [1.807, 2.05) is 0 Å². The van der Waals surface area contributed by atoms with Crippen molar-refractivity contribution in [1.82, 2.24) is 4.98 Å². The first kappa shape index (κ1) is 13.4. The number of aliphatic hydroxyl groups excluding tert-OH is 1. The van der Waals surface area contributed by atoms with Crippen molar-refractivity contribution >= 4 is 0 Å². The molecule has 3 nitrogen and oxygen atoms in total. The largest absolute Gasteiger partial charge is 0.494 e. The van der Waals surface area contributed by atoms with Gasteiger partial charge in [-0.05, 0) is 23.8 Å². The Bertz CT molecular complexity index is 575. The summed E-state index contributed by atoms with van der Waals surface area (Å²) in [4.78, 5) is 3.61. The zero-order valence-electron chi connectivity index (χ0n) is 10.3. The minimum absolute atomic E-state index is 0.113. The molecular formula is C14H13F2NO2. The average molecular weight is 265 g/mol. The van der Waals surface area contributed by atoms with E-state index in [1.165, 1.54) is 31.5 Å². The van der Waals surface area contributed by atoms with Crippen molar-refractivity contribution in [3.05, 3.63) is 59.4 Å². The minimum Gasteiger partial charge on any atom is -0.494 e. The summed E-state index contributed by atoms with van der Waals surface area (Å²) in [6.45, 7) is 0. The molecule has 0 aliphatic carbocycles. The number of aliphatic hydroxyl groups is 1. The van der Waals surface area contributed by atoms with Gasteiger partial charge >= 0.3 is 0 Å². The summed E-state index contributed by atoms with van der Waals surface area (Å²) in [5.74, 6) is -0.959. The standard InChI is InChI=1S/C14H13F2NO2/c1-19-14-3-2-9(6-11(14)15)7-13(18)10-4-5-17-8-12(10)16/h2-6,8,13,18H,7H2,1H3. The molecule has 1 unspecified atom stereocenters. The zero-order chi connectivity index (χ0) is 13.8. The van der Waals surface area contributed by atoms with Crippen molar-refractivity contribution in [1.29, 1.82) is 0 Å². The summed E-state index contributed by atoms with van der Waals surface area (Å²) in [6, 6.07) is 5.77. The van der Waals surface area contributed by atoms with E-state index in [-0.39, 0.29) is 17.7 Å². The highest BCUT2D eigenvalue weighted by Gasteiger charge is 2.14. The maximum absolute atomic E-state index is 13.5. The van der Waals surface area contributed by atoms with Gasteiger partial charge in [0, 0.05) is 18.2 Å². The number of aromatic nitrogens is 1. The third kappa shape index (κ3) is 3.06. The Morgan fingerprint density at radius 1 is 1.26 bits per heavy atom. The molecule has 1 heterocycles. The normalized spacial score (nSPS) is 12.2. The summed E-state index contributed by atoms with van der Waals surface area (Å²) >= 11 is 0. The number of ether oxygens (including phenoxy) is 1. The smallest absolute Gasteiger partial charge is 0.165 e. The Balaban J connectivity index is 2.17. The van der Waals surface area contributed by atoms with Crippen LogP contribution in [-0.2, 0) is 6.42 Å². The number of methoxy groups -OCH3 is 1. The fraction of sp³-hybridized carbons (Fsp3) is 0.214. The molecule has 5 heteroatoms. The van der Waals surface area contributed by atoms with Gasteiger partial charge in [0.05, 0.1) is 19.4 Å². The van der Waals surface area contributed by atoms with Gasteiger partial charge in [0.25, 0.3) is 0 Å². The molecular weight excluding hydrogens is 252 g/mol. The van der Waals surface area contributed by atoms with E-state index in [0.717, 1.165) is 6.20 Å². The van der Waals surface area contributed by atoms with Crippen molar-refractivity contribution < 1.29 is 18.6 Å². The number of pyridine rings is 1. The lowest BCUT2D eigenvalue weighted by Crippen LogP contribution is -2.05. The van der Waals surface area contributed by atoms with E-state index in [1.54, 1.807) is 6.07 Å². The molecule has 0 aliphatic rings. The molecule has 0 bridgehead atoms. The van der Waals surface area contributed by atoms with Gasteiger partial charge in [-0.1, -0.05) is 6.07 Å². The lowest BCUT2D eigenvalue weighted by Gasteiger charge is -2.12. The molecule has 2 rings (SSSR count). The lowest BCUT2D eigenvalue weighted by atomic mass is 10.0. The van der Waals surface area contributed by atoms with Crippen LogP contribution in [0.4, 0.5) is 8.78 Å². The molecule has 0 spiro atoms. The number of benzene rings is 1. The van der Waals surface area contributed by atoms with E-state index < -0.39 is 17.7 Å². The average Bonchev–Trinajstić information content (AvgIpc) is 2.39. The topological polar surface area (TPSA) is 42.4 Å². The maximum Gasteiger partial charge on any atom is 0.165 e. The molecule has 2 aromatic rings. The number of nitrogens with zero attached hydrogens (tertiary/aromatic N) is 1. The number of halogens is 2. The summed E-state index contributed by atoms with van der Waals surface area (Å²) in [5, 5.41) is 9.95. The van der Waals surface area contributed by atoms with Gasteiger partial charge in [-0.15, -0.1) is 0 Å². The lowest BCUT2D eigenvalue weighted by molar-refractivity contribution is 0.173. The number of hydrogen-bond donors (Lipinski definition) is 1. The Labute approximate surface area is 109 Å². The van der Waals surface area contributed by atoms with E-state index in [9.17, 15) is 13.9 Å². The molecule has 0 fully saturated rings. The first-order valence-corrected chi connectivity index (χ1v) is 5.71. The molecule has 1 atom stereocenters. The summed E-state index contributed by atoms with van der Waals surface area (Å²) in [5.41, 5.74) is 0.702. The van der Waals surface area contributed by atoms with Crippen molar-refractivity contribution in [2.75, 3.05) is 7.11 Å². The van der Waals surface area contributed by atoms with E-state index in [0.29, 0.717) is 5.56 Å². The molecule has 0 saturated heterocycles. The van der Waals surface area contributed by atoms with Crippen LogP contribution in [0.15, 0.2) is 36.7 Å². The molecule has 1 aromatic heterocycles. The van der Waals surface area contributed by atoms with Gasteiger partial charge in [-0.25, -0.2) is 8.78 Å². The first-order chi connectivity index (χ1) is 9.11. The predicted molar refractivity (Wildman–Crippen MR) is 65.8 cm³/mol. The predicted octanol–water partition coefficient (Wildman–Crippen LogP) is 2.64. The Hall–Kier alpha value is -2.01. The third-order valence-electron chi connectivity index (χ3n) is 2.81. The molecule has 0 amide bonds. The first-order valence-electron chi connectivity index (χ1n) is 5.71. The molecule has 100 valence electrons. The summed E-state index contributed by atoms with van der Waals surface area (Å²) < 4.78 is 31.7. The van der Waals surface area contributed by atoms with Crippen molar-refractivity contribution in [3.63, 3.8) is 0 Å². The van der Waals surface area contributed by atoms with Crippen LogP contribution in [0.5, 0.6) is 5.75 Å². The highest BCUT2D eigenvalue weighted by molar-refractivity contribution is 5.30. The molecule has 1 aromatic carbocycles. The van der Waals surface area contributed by atoms with Crippen LogP contribution in [0.25, 0.3) is 0 Å². The van der Waals surface area contributed by atoms with Crippen LogP contribution in [0.3, 0.4) is 0 Å².